The van der Waals surface area contributed by atoms with Gasteiger partial charge in [-0.1, -0.05) is 6.92 Å². The van der Waals surface area contributed by atoms with E-state index in [9.17, 15) is 0 Å². The van der Waals surface area contributed by atoms with Gasteiger partial charge in [0, 0.05) is 65.4 Å². The molecule has 0 heterocycles. The van der Waals surface area contributed by atoms with Gasteiger partial charge in [-0.25, -0.2) is 0 Å². The van der Waals surface area contributed by atoms with Crippen LogP contribution in [0.3, 0.4) is 0 Å². The number of hydrogen-bond donors (Lipinski definition) is 0. The molecule has 0 atom stereocenters. The standard InChI is InChI=1S/C4H9.2Y/c1-3-4-2;;/h3H,4H2,1-2H3;;/q-1;;. The van der Waals surface area contributed by atoms with E-state index >= 15 is 0 Å². The summed E-state index contributed by atoms with van der Waals surface area (Å²) in [6, 6.07) is 0. The number of unbranched alkanes of at least 4 members (excludes halogenated alkanes) is 1. The molecular formula is C4H9Y2-. The molecule has 0 spiro atoms. The number of rotatable bonds is 1. The zero-order valence-corrected chi connectivity index (χ0v) is 10.1. The van der Waals surface area contributed by atoms with E-state index in [0.717, 1.165) is 0 Å². The molecule has 0 aromatic rings. The van der Waals surface area contributed by atoms with Gasteiger partial charge in [0.2, 0.25) is 0 Å². The van der Waals surface area contributed by atoms with Crippen molar-refractivity contribution >= 4 is 0 Å². The largest absolute Gasteiger partial charge is 0.332 e. The van der Waals surface area contributed by atoms with E-state index < -0.39 is 0 Å². The Labute approximate surface area is 90.6 Å². The maximum Gasteiger partial charge on any atom is 0 e. The van der Waals surface area contributed by atoms with E-state index in [-0.39, 0.29) is 65.4 Å². The Bertz CT molecular complexity index is 7.51. The molecule has 32 valence electrons. The fraction of sp³-hybridized carbons (Fsp3) is 0.750. The molecule has 2 radical (unpaired) electrons. The van der Waals surface area contributed by atoms with Crippen LogP contribution in [0.5, 0.6) is 0 Å². The Morgan fingerprint density at radius 3 is 1.50 bits per heavy atom. The summed E-state index contributed by atoms with van der Waals surface area (Å²) in [5.41, 5.74) is 0. The summed E-state index contributed by atoms with van der Waals surface area (Å²) >= 11 is 0. The topological polar surface area (TPSA) is 0 Å². The molecule has 6 heavy (non-hydrogen) atoms. The first-order valence-corrected chi connectivity index (χ1v) is 1.69. The van der Waals surface area contributed by atoms with Crippen LogP contribution in [0.2, 0.25) is 0 Å². The summed E-state index contributed by atoms with van der Waals surface area (Å²) in [6.45, 7) is 4.18. The zero-order chi connectivity index (χ0) is 3.41. The van der Waals surface area contributed by atoms with Gasteiger partial charge in [0.25, 0.3) is 0 Å². The maximum absolute atomic E-state index is 2.12. The molecule has 2 heteroatoms. The third-order valence-corrected chi connectivity index (χ3v) is 0.408. The smallest absolute Gasteiger partial charge is 0 e. The Morgan fingerprint density at radius 2 is 1.50 bits per heavy atom. The minimum atomic E-state index is 0. The van der Waals surface area contributed by atoms with Crippen LogP contribution < -0.4 is 0 Å². The number of hydrogen-bond acceptors (Lipinski definition) is 0. The molecule has 0 aromatic heterocycles. The van der Waals surface area contributed by atoms with Gasteiger partial charge < -0.3 is 6.42 Å². The average Bonchev–Trinajstić information content (AvgIpc) is 1.37. The van der Waals surface area contributed by atoms with Crippen LogP contribution in [-0.4, -0.2) is 0 Å². The van der Waals surface area contributed by atoms with Crippen LogP contribution in [0.25, 0.3) is 0 Å². The summed E-state index contributed by atoms with van der Waals surface area (Å²) < 4.78 is 0. The second kappa shape index (κ2) is 15.7. The summed E-state index contributed by atoms with van der Waals surface area (Å²) in [5, 5.41) is 0. The predicted molar refractivity (Wildman–Crippen MR) is 20.3 cm³/mol. The summed E-state index contributed by atoms with van der Waals surface area (Å²) in [4.78, 5) is 0. The van der Waals surface area contributed by atoms with Crippen LogP contribution in [0.4, 0.5) is 0 Å². The van der Waals surface area contributed by atoms with Crippen molar-refractivity contribution in [3.05, 3.63) is 6.42 Å². The molecule has 0 aromatic carbocycles. The van der Waals surface area contributed by atoms with Crippen LogP contribution >= 0.6 is 0 Å². The second-order valence-corrected chi connectivity index (χ2v) is 0.816. The quantitative estimate of drug-likeness (QED) is 0.605. The average molecular weight is 235 g/mol. The van der Waals surface area contributed by atoms with Gasteiger partial charge in [-0.2, -0.15) is 13.3 Å². The molecule has 0 rings (SSSR count). The van der Waals surface area contributed by atoms with E-state index in [2.05, 4.69) is 20.3 Å². The van der Waals surface area contributed by atoms with Gasteiger partial charge in [-0.05, 0) is 0 Å². The van der Waals surface area contributed by atoms with Crippen molar-refractivity contribution in [3.8, 4) is 0 Å². The first-order chi connectivity index (χ1) is 1.91. The molecule has 0 amide bonds. The van der Waals surface area contributed by atoms with Crippen LogP contribution in [0.1, 0.15) is 20.3 Å². The molecule has 0 N–H and O–H groups in total. The fourth-order valence-corrected chi connectivity index (χ4v) is 0. The SMILES string of the molecule is C[CH-]CC.[Y].[Y]. The van der Waals surface area contributed by atoms with Gasteiger partial charge in [0.1, 0.15) is 0 Å². The van der Waals surface area contributed by atoms with Crippen molar-refractivity contribution in [2.24, 2.45) is 0 Å². The molecule has 0 aliphatic rings. The normalized spacial score (nSPS) is 5.00. The second-order valence-electron chi connectivity index (χ2n) is 0.816. The van der Waals surface area contributed by atoms with E-state index in [1.807, 2.05) is 0 Å². The van der Waals surface area contributed by atoms with Crippen molar-refractivity contribution in [1.82, 2.24) is 0 Å². The Kier molecular flexibility index (Phi) is 41.1. The molecule has 0 fully saturated rings. The van der Waals surface area contributed by atoms with E-state index in [1.165, 1.54) is 6.42 Å². The Morgan fingerprint density at radius 1 is 1.33 bits per heavy atom. The summed E-state index contributed by atoms with van der Waals surface area (Å²) in [6.07, 6.45) is 3.32. The van der Waals surface area contributed by atoms with E-state index in [0.29, 0.717) is 0 Å². The first kappa shape index (κ1) is 15.7. The Balaban J connectivity index is -0.0000000450. The molecule has 0 bridgehead atoms. The molecular weight excluding hydrogens is 226 g/mol. The molecule has 0 nitrogen and oxygen atoms in total. The molecule has 0 aliphatic heterocycles. The summed E-state index contributed by atoms with van der Waals surface area (Å²) in [5.74, 6) is 0. The first-order valence-electron chi connectivity index (χ1n) is 1.69. The van der Waals surface area contributed by atoms with Gasteiger partial charge in [-0.3, -0.25) is 0 Å². The Hall–Kier alpha value is 2.21. The minimum Gasteiger partial charge on any atom is -0.332 e. The summed E-state index contributed by atoms with van der Waals surface area (Å²) in [7, 11) is 0. The van der Waals surface area contributed by atoms with Crippen molar-refractivity contribution in [2.75, 3.05) is 0 Å². The van der Waals surface area contributed by atoms with Crippen LogP contribution in [0, 0.1) is 6.42 Å². The monoisotopic (exact) mass is 235 g/mol. The molecule has 0 unspecified atom stereocenters. The van der Waals surface area contributed by atoms with Crippen molar-refractivity contribution in [1.29, 1.82) is 0 Å². The third-order valence-electron chi connectivity index (χ3n) is 0.408. The van der Waals surface area contributed by atoms with Gasteiger partial charge in [0.05, 0.1) is 0 Å². The zero-order valence-electron chi connectivity index (χ0n) is 4.44. The van der Waals surface area contributed by atoms with Crippen LogP contribution in [-0.2, 0) is 65.4 Å². The predicted octanol–water partition coefficient (Wildman–Crippen LogP) is 1.62. The fourth-order valence-electron chi connectivity index (χ4n) is 0. The van der Waals surface area contributed by atoms with E-state index in [4.69, 9.17) is 0 Å². The van der Waals surface area contributed by atoms with Crippen molar-refractivity contribution in [2.45, 2.75) is 20.3 Å². The van der Waals surface area contributed by atoms with Gasteiger partial charge in [-0.15, -0.1) is 0 Å². The van der Waals surface area contributed by atoms with E-state index in [1.54, 1.807) is 0 Å². The molecule has 0 aliphatic carbocycles. The van der Waals surface area contributed by atoms with Crippen molar-refractivity contribution in [3.63, 3.8) is 0 Å². The maximum atomic E-state index is 2.12. The molecule has 0 saturated carbocycles. The third kappa shape index (κ3) is 16.4. The van der Waals surface area contributed by atoms with Gasteiger partial charge in [0.15, 0.2) is 0 Å². The van der Waals surface area contributed by atoms with Crippen molar-refractivity contribution < 1.29 is 65.4 Å². The minimum absolute atomic E-state index is 0. The molecule has 0 saturated heterocycles. The van der Waals surface area contributed by atoms with Crippen LogP contribution in [0.15, 0.2) is 0 Å². The van der Waals surface area contributed by atoms with Gasteiger partial charge >= 0.3 is 0 Å².